The summed E-state index contributed by atoms with van der Waals surface area (Å²) in [4.78, 5) is 14.9. The van der Waals surface area contributed by atoms with Gasteiger partial charge in [-0.1, -0.05) is 6.07 Å². The number of carbonyl (C=O) groups excluding carboxylic acids is 1. The van der Waals surface area contributed by atoms with Crippen molar-refractivity contribution >= 4 is 17.3 Å². The van der Waals surface area contributed by atoms with E-state index in [2.05, 4.69) is 22.4 Å². The van der Waals surface area contributed by atoms with Crippen molar-refractivity contribution in [1.29, 1.82) is 0 Å². The highest BCUT2D eigenvalue weighted by Crippen LogP contribution is 2.19. The Balaban J connectivity index is 1.62. The van der Waals surface area contributed by atoms with Gasteiger partial charge in [-0.05, 0) is 29.9 Å². The van der Waals surface area contributed by atoms with E-state index in [1.807, 2.05) is 0 Å². The minimum Gasteiger partial charge on any atom is -0.458 e. The molecule has 4 nitrogen and oxygen atoms in total. The molecule has 1 aromatic heterocycles. The van der Waals surface area contributed by atoms with Gasteiger partial charge in [0.1, 0.15) is 6.61 Å². The topological polar surface area (TPSA) is 38.8 Å². The van der Waals surface area contributed by atoms with Crippen molar-refractivity contribution < 1.29 is 14.3 Å². The van der Waals surface area contributed by atoms with Crippen molar-refractivity contribution in [2.45, 2.75) is 25.5 Å². The first-order chi connectivity index (χ1) is 9.79. The van der Waals surface area contributed by atoms with Crippen molar-refractivity contribution in [3.8, 4) is 0 Å². The molecule has 1 aromatic rings. The van der Waals surface area contributed by atoms with Gasteiger partial charge in [0, 0.05) is 37.2 Å². The Kier molecular flexibility index (Phi) is 4.50. The molecule has 0 saturated carbocycles. The molecule has 0 spiro atoms. The molecule has 0 radical (unpaired) electrons. The molecule has 1 unspecified atom stereocenters. The average molecular weight is 293 g/mol. The second kappa shape index (κ2) is 6.52. The molecule has 0 N–H and O–H groups in total. The molecular weight excluding hydrogens is 274 g/mol. The number of nitrogens with zero attached hydrogens (tertiary/aromatic N) is 1. The van der Waals surface area contributed by atoms with Gasteiger partial charge in [0.2, 0.25) is 0 Å². The number of rotatable bonds is 6. The third kappa shape index (κ3) is 3.69. The van der Waals surface area contributed by atoms with Gasteiger partial charge < -0.3 is 9.47 Å². The molecule has 20 heavy (non-hydrogen) atoms. The van der Waals surface area contributed by atoms with Crippen LogP contribution in [-0.4, -0.2) is 43.3 Å². The molecular formula is C15H19NO3S. The number of thiophene rings is 1. The van der Waals surface area contributed by atoms with Gasteiger partial charge in [-0.25, -0.2) is 4.79 Å². The molecule has 1 saturated heterocycles. The molecule has 0 amide bonds. The van der Waals surface area contributed by atoms with Crippen LogP contribution in [0.1, 0.15) is 17.7 Å². The van der Waals surface area contributed by atoms with Crippen LogP contribution in [0, 0.1) is 0 Å². The summed E-state index contributed by atoms with van der Waals surface area (Å²) in [5.74, 6) is -0.215. The summed E-state index contributed by atoms with van der Waals surface area (Å²) in [7, 11) is 0. The van der Waals surface area contributed by atoms with Crippen LogP contribution in [0.15, 0.2) is 29.2 Å². The highest BCUT2D eigenvalue weighted by molar-refractivity contribution is 7.09. The third-order valence-electron chi connectivity index (χ3n) is 3.59. The first-order valence-corrected chi connectivity index (χ1v) is 7.90. The molecule has 0 bridgehead atoms. The van der Waals surface area contributed by atoms with Crippen molar-refractivity contribution in [2.75, 3.05) is 26.3 Å². The van der Waals surface area contributed by atoms with E-state index in [1.54, 1.807) is 17.4 Å². The van der Waals surface area contributed by atoms with E-state index < -0.39 is 0 Å². The van der Waals surface area contributed by atoms with Gasteiger partial charge in [0.25, 0.3) is 0 Å². The molecule has 0 aliphatic carbocycles. The monoisotopic (exact) mass is 293 g/mol. The molecule has 3 rings (SSSR count). The standard InChI is InChI=1S/C15H19NO3S/c17-15-7-12(11-19-15)8-16(9-13-3-1-5-18-13)10-14-4-2-6-20-14/h2,4,6-7,13H,1,3,5,8-11H2. The van der Waals surface area contributed by atoms with E-state index in [0.717, 1.165) is 44.7 Å². The summed E-state index contributed by atoms with van der Waals surface area (Å²) in [5, 5.41) is 2.10. The van der Waals surface area contributed by atoms with Gasteiger partial charge >= 0.3 is 5.97 Å². The molecule has 1 fully saturated rings. The Labute approximate surface area is 123 Å². The normalized spacial score (nSPS) is 22.4. The summed E-state index contributed by atoms with van der Waals surface area (Å²) < 4.78 is 10.7. The summed E-state index contributed by atoms with van der Waals surface area (Å²) in [5.41, 5.74) is 1.06. The molecule has 5 heteroatoms. The second-order valence-electron chi connectivity index (χ2n) is 5.29. The molecule has 2 aliphatic rings. The van der Waals surface area contributed by atoms with Crippen LogP contribution in [0.4, 0.5) is 0 Å². The number of carbonyl (C=O) groups is 1. The fourth-order valence-electron chi connectivity index (χ4n) is 2.68. The van der Waals surface area contributed by atoms with Crippen LogP contribution in [0.25, 0.3) is 0 Å². The van der Waals surface area contributed by atoms with Crippen LogP contribution < -0.4 is 0 Å². The maximum Gasteiger partial charge on any atom is 0.331 e. The third-order valence-corrected chi connectivity index (χ3v) is 4.46. The Morgan fingerprint density at radius 3 is 3.00 bits per heavy atom. The highest BCUT2D eigenvalue weighted by atomic mass is 32.1. The zero-order valence-corrected chi connectivity index (χ0v) is 12.2. The first kappa shape index (κ1) is 13.8. The highest BCUT2D eigenvalue weighted by Gasteiger charge is 2.22. The molecule has 1 atom stereocenters. The van der Waals surface area contributed by atoms with Crippen molar-refractivity contribution in [2.24, 2.45) is 0 Å². The number of hydrogen-bond acceptors (Lipinski definition) is 5. The lowest BCUT2D eigenvalue weighted by molar-refractivity contribution is -0.134. The van der Waals surface area contributed by atoms with Crippen LogP contribution in [0.3, 0.4) is 0 Å². The zero-order valence-electron chi connectivity index (χ0n) is 11.4. The van der Waals surface area contributed by atoms with E-state index in [0.29, 0.717) is 12.7 Å². The van der Waals surface area contributed by atoms with Gasteiger partial charge in [-0.2, -0.15) is 0 Å². The van der Waals surface area contributed by atoms with Gasteiger partial charge in [0.15, 0.2) is 0 Å². The van der Waals surface area contributed by atoms with E-state index >= 15 is 0 Å². The second-order valence-corrected chi connectivity index (χ2v) is 6.33. The van der Waals surface area contributed by atoms with E-state index in [-0.39, 0.29) is 5.97 Å². The van der Waals surface area contributed by atoms with Crippen molar-refractivity contribution in [3.05, 3.63) is 34.0 Å². The van der Waals surface area contributed by atoms with Crippen molar-refractivity contribution in [3.63, 3.8) is 0 Å². The van der Waals surface area contributed by atoms with Gasteiger partial charge in [0.05, 0.1) is 6.10 Å². The summed E-state index contributed by atoms with van der Waals surface area (Å²) in [6.07, 6.45) is 4.24. The van der Waals surface area contributed by atoms with Crippen LogP contribution >= 0.6 is 11.3 Å². The fourth-order valence-corrected chi connectivity index (χ4v) is 3.42. The number of esters is 1. The molecule has 2 aliphatic heterocycles. The lowest BCUT2D eigenvalue weighted by atomic mass is 10.2. The van der Waals surface area contributed by atoms with E-state index in [4.69, 9.17) is 9.47 Å². The SMILES string of the molecule is O=C1C=C(CN(Cc2cccs2)CC2CCCO2)CO1. The Hall–Kier alpha value is -1.17. The summed E-state index contributed by atoms with van der Waals surface area (Å²) in [6, 6.07) is 4.23. The predicted octanol–water partition coefficient (Wildman–Crippen LogP) is 2.21. The Morgan fingerprint density at radius 2 is 2.35 bits per heavy atom. The lowest BCUT2D eigenvalue weighted by Crippen LogP contribution is -2.33. The minimum atomic E-state index is -0.215. The Morgan fingerprint density at radius 1 is 1.40 bits per heavy atom. The maximum absolute atomic E-state index is 11.2. The number of ether oxygens (including phenoxy) is 2. The number of hydrogen-bond donors (Lipinski definition) is 0. The molecule has 108 valence electrons. The van der Waals surface area contributed by atoms with Gasteiger partial charge in [-0.15, -0.1) is 11.3 Å². The van der Waals surface area contributed by atoms with Crippen LogP contribution in [0.5, 0.6) is 0 Å². The maximum atomic E-state index is 11.2. The van der Waals surface area contributed by atoms with Gasteiger partial charge in [-0.3, -0.25) is 4.90 Å². The summed E-state index contributed by atoms with van der Waals surface area (Å²) in [6.45, 7) is 3.92. The first-order valence-electron chi connectivity index (χ1n) is 7.02. The largest absolute Gasteiger partial charge is 0.458 e. The number of cyclic esters (lactones) is 1. The fraction of sp³-hybridized carbons (Fsp3) is 0.533. The van der Waals surface area contributed by atoms with Crippen LogP contribution in [0.2, 0.25) is 0 Å². The molecule has 0 aromatic carbocycles. The summed E-state index contributed by atoms with van der Waals surface area (Å²) >= 11 is 1.77. The van der Waals surface area contributed by atoms with E-state index in [9.17, 15) is 4.79 Å². The lowest BCUT2D eigenvalue weighted by Gasteiger charge is -2.24. The zero-order chi connectivity index (χ0) is 13.8. The average Bonchev–Trinajstić information content (AvgIpc) is 3.13. The molecule has 3 heterocycles. The minimum absolute atomic E-state index is 0.215. The Bertz CT molecular complexity index is 477. The smallest absolute Gasteiger partial charge is 0.331 e. The quantitative estimate of drug-likeness (QED) is 0.754. The van der Waals surface area contributed by atoms with Crippen molar-refractivity contribution in [1.82, 2.24) is 4.90 Å². The van der Waals surface area contributed by atoms with E-state index in [1.165, 1.54) is 4.88 Å². The predicted molar refractivity (Wildman–Crippen MR) is 77.6 cm³/mol. The van der Waals surface area contributed by atoms with Crippen LogP contribution in [-0.2, 0) is 20.8 Å².